The van der Waals surface area contributed by atoms with E-state index < -0.39 is 6.04 Å². The first kappa shape index (κ1) is 18.4. The first-order valence-electron chi connectivity index (χ1n) is 8.90. The van der Waals surface area contributed by atoms with Crippen molar-refractivity contribution in [3.8, 4) is 0 Å². The molecule has 1 heterocycles. The van der Waals surface area contributed by atoms with Gasteiger partial charge in [0.1, 0.15) is 17.7 Å². The third-order valence-corrected chi connectivity index (χ3v) is 5.33. The number of aromatic nitrogens is 2. The summed E-state index contributed by atoms with van der Waals surface area (Å²) in [5, 5.41) is 3.05. The second kappa shape index (κ2) is 6.71. The Morgan fingerprint density at radius 2 is 2.04 bits per heavy atom. The molecule has 3 atom stereocenters. The number of carbonyl (C=O) groups excluding carboxylic acids is 1. The minimum absolute atomic E-state index is 0.0613. The minimum atomic E-state index is -0.618. The van der Waals surface area contributed by atoms with E-state index in [0.29, 0.717) is 11.4 Å². The molecule has 1 aromatic carbocycles. The lowest BCUT2D eigenvalue weighted by atomic mass is 10.0. The van der Waals surface area contributed by atoms with Crippen molar-refractivity contribution in [2.75, 3.05) is 0 Å². The van der Waals surface area contributed by atoms with Crippen LogP contribution in [0.4, 0.5) is 4.39 Å². The van der Waals surface area contributed by atoms with Crippen molar-refractivity contribution in [1.82, 2.24) is 14.9 Å². The summed E-state index contributed by atoms with van der Waals surface area (Å²) in [4.78, 5) is 17.4. The van der Waals surface area contributed by atoms with Crippen LogP contribution in [0.2, 0.25) is 0 Å². The van der Waals surface area contributed by atoms with Crippen molar-refractivity contribution in [3.63, 3.8) is 0 Å². The monoisotopic (exact) mass is 355 g/mol. The number of hydrogen-bond acceptors (Lipinski definition) is 2. The van der Waals surface area contributed by atoms with Crippen molar-refractivity contribution in [2.24, 2.45) is 24.3 Å². The molecule has 3 rings (SSSR count). The zero-order valence-electron chi connectivity index (χ0n) is 16.0. The molecular formula is C21H26FN3O. The molecule has 1 amide bonds. The molecule has 1 N–H and O–H groups in total. The second-order valence-electron chi connectivity index (χ2n) is 7.93. The Balaban J connectivity index is 1.90. The number of benzene rings is 1. The zero-order chi connectivity index (χ0) is 19.1. The van der Waals surface area contributed by atoms with Crippen LogP contribution in [0.25, 0.3) is 0 Å². The van der Waals surface area contributed by atoms with Crippen molar-refractivity contribution in [2.45, 2.75) is 33.7 Å². The first-order chi connectivity index (χ1) is 12.2. The number of imidazole rings is 1. The summed E-state index contributed by atoms with van der Waals surface area (Å²) in [6, 6.07) is 5.90. The first-order valence-corrected chi connectivity index (χ1v) is 8.90. The number of allylic oxidation sites excluding steroid dienone is 2. The number of rotatable bonds is 5. The Bertz CT molecular complexity index is 848. The normalized spacial score (nSPS) is 21.8. The van der Waals surface area contributed by atoms with Crippen LogP contribution in [-0.4, -0.2) is 15.5 Å². The Morgan fingerprint density at radius 1 is 1.35 bits per heavy atom. The molecule has 26 heavy (non-hydrogen) atoms. The van der Waals surface area contributed by atoms with E-state index in [4.69, 9.17) is 0 Å². The molecule has 1 aliphatic rings. The van der Waals surface area contributed by atoms with Gasteiger partial charge in [-0.25, -0.2) is 9.37 Å². The molecule has 0 saturated heterocycles. The molecule has 1 fully saturated rings. The van der Waals surface area contributed by atoms with Gasteiger partial charge in [-0.15, -0.1) is 0 Å². The quantitative estimate of drug-likeness (QED) is 0.824. The molecule has 138 valence electrons. The van der Waals surface area contributed by atoms with E-state index in [1.807, 2.05) is 25.5 Å². The van der Waals surface area contributed by atoms with Crippen LogP contribution in [0, 0.1) is 23.1 Å². The molecule has 1 aromatic heterocycles. The summed E-state index contributed by atoms with van der Waals surface area (Å²) in [6.07, 6.45) is 5.61. The molecule has 5 heteroatoms. The summed E-state index contributed by atoms with van der Waals surface area (Å²) < 4.78 is 16.2. The lowest BCUT2D eigenvalue weighted by Gasteiger charge is -2.20. The Labute approximate surface area is 154 Å². The van der Waals surface area contributed by atoms with Crippen LogP contribution in [-0.2, 0) is 11.8 Å². The molecule has 1 saturated carbocycles. The predicted octanol–water partition coefficient (Wildman–Crippen LogP) is 4.00. The van der Waals surface area contributed by atoms with Crippen molar-refractivity contribution < 1.29 is 9.18 Å². The standard InChI is InChI=1S/C21H26FN3O/c1-13(2)12-15-17(21(15,3)4)20(26)24-18(19-23-10-11-25(19)5)14-8-6-7-9-16(14)22/h6-12,15,17-18H,1-5H3,(H,24,26)/t15-,17+,18+/m1/s1. The molecule has 2 aromatic rings. The maximum atomic E-state index is 14.4. The number of amides is 1. The molecule has 0 bridgehead atoms. The molecule has 0 aliphatic heterocycles. The van der Waals surface area contributed by atoms with E-state index in [1.54, 1.807) is 30.6 Å². The van der Waals surface area contributed by atoms with Gasteiger partial charge >= 0.3 is 0 Å². The highest BCUT2D eigenvalue weighted by molar-refractivity contribution is 5.84. The topological polar surface area (TPSA) is 46.9 Å². The fourth-order valence-corrected chi connectivity index (χ4v) is 3.73. The van der Waals surface area contributed by atoms with Crippen LogP contribution >= 0.6 is 0 Å². The Kier molecular flexibility index (Phi) is 4.74. The van der Waals surface area contributed by atoms with Crippen molar-refractivity contribution in [3.05, 3.63) is 65.5 Å². The van der Waals surface area contributed by atoms with Gasteiger partial charge in [0.15, 0.2) is 0 Å². The zero-order valence-corrected chi connectivity index (χ0v) is 16.0. The summed E-state index contributed by atoms with van der Waals surface area (Å²) in [7, 11) is 1.84. The molecule has 0 radical (unpaired) electrons. The van der Waals surface area contributed by atoms with E-state index in [-0.39, 0.29) is 29.0 Å². The third-order valence-electron chi connectivity index (χ3n) is 5.33. The average molecular weight is 355 g/mol. The smallest absolute Gasteiger partial charge is 0.225 e. The molecule has 0 spiro atoms. The highest BCUT2D eigenvalue weighted by atomic mass is 19.1. The van der Waals surface area contributed by atoms with Crippen molar-refractivity contribution >= 4 is 5.91 Å². The fraction of sp³-hybridized carbons (Fsp3) is 0.429. The van der Waals surface area contributed by atoms with Crippen molar-refractivity contribution in [1.29, 1.82) is 0 Å². The van der Waals surface area contributed by atoms with E-state index in [0.717, 1.165) is 0 Å². The number of carbonyl (C=O) groups is 1. The van der Waals surface area contributed by atoms with Gasteiger partial charge in [0.25, 0.3) is 0 Å². The van der Waals surface area contributed by atoms with Crippen LogP contribution < -0.4 is 5.32 Å². The largest absolute Gasteiger partial charge is 0.342 e. The Hall–Kier alpha value is -2.43. The van der Waals surface area contributed by atoms with E-state index in [2.05, 4.69) is 30.2 Å². The maximum absolute atomic E-state index is 14.4. The van der Waals surface area contributed by atoms with Gasteiger partial charge in [0.05, 0.1) is 5.92 Å². The summed E-state index contributed by atoms with van der Waals surface area (Å²) in [5.74, 6) is 0.285. The van der Waals surface area contributed by atoms with E-state index in [9.17, 15) is 9.18 Å². The van der Waals surface area contributed by atoms with Crippen LogP contribution in [0.3, 0.4) is 0 Å². The number of hydrogen-bond donors (Lipinski definition) is 1. The van der Waals surface area contributed by atoms with Gasteiger partial charge < -0.3 is 9.88 Å². The lowest BCUT2D eigenvalue weighted by molar-refractivity contribution is -0.123. The predicted molar refractivity (Wildman–Crippen MR) is 99.8 cm³/mol. The number of nitrogens with one attached hydrogen (secondary N) is 1. The van der Waals surface area contributed by atoms with Gasteiger partial charge in [0.2, 0.25) is 5.91 Å². The summed E-state index contributed by atoms with van der Waals surface area (Å²) in [5.41, 5.74) is 1.53. The van der Waals surface area contributed by atoms with Crippen LogP contribution in [0.1, 0.15) is 45.1 Å². The van der Waals surface area contributed by atoms with Gasteiger partial charge in [-0.3, -0.25) is 4.79 Å². The summed E-state index contributed by atoms with van der Waals surface area (Å²) in [6.45, 7) is 8.28. The number of halogens is 1. The van der Waals surface area contributed by atoms with E-state index >= 15 is 0 Å². The SMILES string of the molecule is CC(C)=C[C@@H]1[C@@H](C(=O)N[C@@H](c2ccccc2F)c2nccn2C)C1(C)C. The number of nitrogens with zero attached hydrogens (tertiary/aromatic N) is 2. The van der Waals surface area contributed by atoms with E-state index in [1.165, 1.54) is 11.6 Å². The van der Waals surface area contributed by atoms with Gasteiger partial charge in [0, 0.05) is 25.0 Å². The van der Waals surface area contributed by atoms with Gasteiger partial charge in [-0.05, 0) is 31.2 Å². The third kappa shape index (κ3) is 3.30. The highest BCUT2D eigenvalue weighted by Gasteiger charge is 2.60. The molecular weight excluding hydrogens is 329 g/mol. The molecule has 1 aliphatic carbocycles. The Morgan fingerprint density at radius 3 is 2.62 bits per heavy atom. The van der Waals surface area contributed by atoms with Crippen LogP contribution in [0.5, 0.6) is 0 Å². The molecule has 4 nitrogen and oxygen atoms in total. The highest BCUT2D eigenvalue weighted by Crippen LogP contribution is 2.59. The maximum Gasteiger partial charge on any atom is 0.225 e. The lowest BCUT2D eigenvalue weighted by Crippen LogP contribution is -2.33. The second-order valence-corrected chi connectivity index (χ2v) is 7.93. The van der Waals surface area contributed by atoms with Gasteiger partial charge in [-0.2, -0.15) is 0 Å². The molecule has 0 unspecified atom stereocenters. The van der Waals surface area contributed by atoms with Crippen LogP contribution in [0.15, 0.2) is 48.3 Å². The van der Waals surface area contributed by atoms with Gasteiger partial charge in [-0.1, -0.05) is 43.7 Å². The summed E-state index contributed by atoms with van der Waals surface area (Å²) >= 11 is 0. The fourth-order valence-electron chi connectivity index (χ4n) is 3.73. The minimum Gasteiger partial charge on any atom is -0.342 e. The average Bonchev–Trinajstić information content (AvgIpc) is 2.88. The number of aryl methyl sites for hydroxylation is 1.